The van der Waals surface area contributed by atoms with Crippen LogP contribution in [0.5, 0.6) is 0 Å². The minimum Gasteiger partial charge on any atom is -0.362 e. The molecular formula is C24H24F4N4O. The Morgan fingerprint density at radius 1 is 1.21 bits per heavy atom. The van der Waals surface area contributed by atoms with Gasteiger partial charge in [0.15, 0.2) is 0 Å². The molecule has 1 aromatic carbocycles. The molecule has 2 fully saturated rings. The molecule has 5 nitrogen and oxygen atoms in total. The Labute approximate surface area is 187 Å². The van der Waals surface area contributed by atoms with E-state index in [0.29, 0.717) is 41.0 Å². The number of hydrogen-bond donors (Lipinski definition) is 1. The van der Waals surface area contributed by atoms with Crippen LogP contribution in [0.15, 0.2) is 35.3 Å². The lowest BCUT2D eigenvalue weighted by Gasteiger charge is -2.24. The second-order valence-corrected chi connectivity index (χ2v) is 9.23. The van der Waals surface area contributed by atoms with Gasteiger partial charge in [-0.25, -0.2) is 14.4 Å². The summed E-state index contributed by atoms with van der Waals surface area (Å²) < 4.78 is 55.7. The van der Waals surface area contributed by atoms with Crippen molar-refractivity contribution in [2.75, 3.05) is 12.0 Å². The molecule has 2 aliphatic rings. The summed E-state index contributed by atoms with van der Waals surface area (Å²) in [5.74, 6) is 1.04. The van der Waals surface area contributed by atoms with Gasteiger partial charge in [0, 0.05) is 12.3 Å². The van der Waals surface area contributed by atoms with Crippen molar-refractivity contribution >= 4 is 16.7 Å². The van der Waals surface area contributed by atoms with Gasteiger partial charge in [-0.1, -0.05) is 12.1 Å². The van der Waals surface area contributed by atoms with Gasteiger partial charge in [0.2, 0.25) is 0 Å². The van der Waals surface area contributed by atoms with Crippen molar-refractivity contribution in [2.24, 2.45) is 5.92 Å². The number of halogens is 4. The third kappa shape index (κ3) is 3.87. The normalized spacial score (nSPS) is 18.4. The van der Waals surface area contributed by atoms with Crippen LogP contribution >= 0.6 is 0 Å². The number of fused-ring (bicyclic) bond motifs is 1. The largest absolute Gasteiger partial charge is 0.416 e. The first-order chi connectivity index (χ1) is 15.6. The number of pyridine rings is 1. The monoisotopic (exact) mass is 460 g/mol. The van der Waals surface area contributed by atoms with Crippen LogP contribution in [0.3, 0.4) is 0 Å². The number of aromatic nitrogens is 3. The van der Waals surface area contributed by atoms with Crippen molar-refractivity contribution in [2.45, 2.75) is 57.3 Å². The molecule has 2 saturated carbocycles. The summed E-state index contributed by atoms with van der Waals surface area (Å²) in [6.07, 6.45) is 0.107. The Hall–Kier alpha value is -2.97. The average molecular weight is 460 g/mol. The molecule has 2 aliphatic carbocycles. The first-order valence-corrected chi connectivity index (χ1v) is 11.0. The van der Waals surface area contributed by atoms with Crippen molar-refractivity contribution in [1.29, 1.82) is 0 Å². The summed E-state index contributed by atoms with van der Waals surface area (Å²) in [7, 11) is 0. The summed E-state index contributed by atoms with van der Waals surface area (Å²) in [6.45, 7) is 2.55. The molecule has 33 heavy (non-hydrogen) atoms. The van der Waals surface area contributed by atoms with E-state index in [1.54, 1.807) is 19.2 Å². The molecule has 174 valence electrons. The summed E-state index contributed by atoms with van der Waals surface area (Å²) in [6, 6.07) is 5.25. The smallest absolute Gasteiger partial charge is 0.362 e. The fourth-order valence-electron chi connectivity index (χ4n) is 4.61. The molecule has 5 rings (SSSR count). The summed E-state index contributed by atoms with van der Waals surface area (Å²) in [5, 5.41) is 3.92. The standard InChI is InChI=1S/C24H24F4N4O/c1-13-16(4-3-5-18(13)24(26,27)28)21(15-6-7-15)31-22-17-11-32(23(12-25)8-9-23)20(33)10-19(17)29-14(2)30-22/h3-5,10-11,15,21H,6-9,12H2,1-2H3,(H,29,30,31)/t21-/m1/s1. The van der Waals surface area contributed by atoms with Crippen LogP contribution in [0, 0.1) is 19.8 Å². The number of aryl methyl sites for hydroxylation is 1. The fourth-order valence-corrected chi connectivity index (χ4v) is 4.61. The number of benzene rings is 1. The minimum atomic E-state index is -4.44. The van der Waals surface area contributed by atoms with Gasteiger partial charge in [-0.15, -0.1) is 0 Å². The van der Waals surface area contributed by atoms with E-state index >= 15 is 0 Å². The molecular weight excluding hydrogens is 436 g/mol. The van der Waals surface area contributed by atoms with Crippen molar-refractivity contribution < 1.29 is 17.6 Å². The SMILES string of the molecule is Cc1nc(N[C@@H](c2cccc(C(F)(F)F)c2C)C2CC2)c2cn(C3(CF)CC3)c(=O)cc2n1. The van der Waals surface area contributed by atoms with Gasteiger partial charge < -0.3 is 9.88 Å². The molecule has 0 spiro atoms. The maximum Gasteiger partial charge on any atom is 0.416 e. The molecule has 2 heterocycles. The number of anilines is 1. The van der Waals surface area contributed by atoms with Gasteiger partial charge in [0.1, 0.15) is 18.3 Å². The molecule has 1 N–H and O–H groups in total. The van der Waals surface area contributed by atoms with E-state index in [4.69, 9.17) is 0 Å². The van der Waals surface area contributed by atoms with Gasteiger partial charge in [-0.3, -0.25) is 4.79 Å². The van der Waals surface area contributed by atoms with E-state index in [0.717, 1.165) is 18.9 Å². The third-order valence-electron chi connectivity index (χ3n) is 6.83. The van der Waals surface area contributed by atoms with Crippen LogP contribution in [0.2, 0.25) is 0 Å². The van der Waals surface area contributed by atoms with Crippen LogP contribution < -0.4 is 10.9 Å². The zero-order chi connectivity index (χ0) is 23.5. The number of hydrogen-bond acceptors (Lipinski definition) is 4. The Morgan fingerprint density at radius 2 is 1.94 bits per heavy atom. The molecule has 0 aliphatic heterocycles. The zero-order valence-corrected chi connectivity index (χ0v) is 18.3. The van der Waals surface area contributed by atoms with Crippen LogP contribution in [0.25, 0.3) is 10.9 Å². The minimum absolute atomic E-state index is 0.170. The van der Waals surface area contributed by atoms with E-state index in [9.17, 15) is 22.4 Å². The van der Waals surface area contributed by atoms with Crippen molar-refractivity contribution in [1.82, 2.24) is 14.5 Å². The molecule has 0 bridgehead atoms. The number of alkyl halides is 4. The molecule has 0 amide bonds. The predicted octanol–water partition coefficient (Wildman–Crippen LogP) is 5.45. The molecule has 9 heteroatoms. The fraction of sp³-hybridized carbons (Fsp3) is 0.458. The van der Waals surface area contributed by atoms with E-state index in [2.05, 4.69) is 15.3 Å². The highest BCUT2D eigenvalue weighted by Crippen LogP contribution is 2.46. The van der Waals surface area contributed by atoms with E-state index in [1.807, 2.05) is 0 Å². The number of nitrogens with zero attached hydrogens (tertiary/aromatic N) is 3. The van der Waals surface area contributed by atoms with E-state index < -0.39 is 24.0 Å². The van der Waals surface area contributed by atoms with Crippen LogP contribution in [-0.2, 0) is 11.7 Å². The molecule has 1 atom stereocenters. The number of rotatable bonds is 6. The summed E-state index contributed by atoms with van der Waals surface area (Å²) in [5.41, 5.74) is -0.599. The van der Waals surface area contributed by atoms with E-state index in [-0.39, 0.29) is 23.1 Å². The lowest BCUT2D eigenvalue weighted by molar-refractivity contribution is -0.138. The maximum absolute atomic E-state index is 13.7. The highest BCUT2D eigenvalue weighted by atomic mass is 19.4. The van der Waals surface area contributed by atoms with Crippen LogP contribution in [-0.4, -0.2) is 21.2 Å². The topological polar surface area (TPSA) is 59.8 Å². The number of nitrogens with one attached hydrogen (secondary N) is 1. The first-order valence-electron chi connectivity index (χ1n) is 11.0. The average Bonchev–Trinajstić information content (AvgIpc) is 3.66. The molecule has 0 radical (unpaired) electrons. The lowest BCUT2D eigenvalue weighted by Crippen LogP contribution is -2.31. The van der Waals surface area contributed by atoms with E-state index in [1.165, 1.54) is 23.6 Å². The maximum atomic E-state index is 13.7. The van der Waals surface area contributed by atoms with Gasteiger partial charge in [0.05, 0.1) is 28.0 Å². The summed E-state index contributed by atoms with van der Waals surface area (Å²) >= 11 is 0. The molecule has 0 unspecified atom stereocenters. The van der Waals surface area contributed by atoms with Crippen LogP contribution in [0.4, 0.5) is 23.4 Å². The van der Waals surface area contributed by atoms with Gasteiger partial charge in [-0.2, -0.15) is 13.2 Å². The highest BCUT2D eigenvalue weighted by molar-refractivity contribution is 5.88. The molecule has 2 aromatic heterocycles. The zero-order valence-electron chi connectivity index (χ0n) is 18.3. The van der Waals surface area contributed by atoms with Crippen molar-refractivity contribution in [3.8, 4) is 0 Å². The van der Waals surface area contributed by atoms with Crippen molar-refractivity contribution in [3.05, 3.63) is 63.3 Å². The van der Waals surface area contributed by atoms with Crippen molar-refractivity contribution in [3.63, 3.8) is 0 Å². The second kappa shape index (κ2) is 7.53. The Balaban J connectivity index is 1.62. The van der Waals surface area contributed by atoms with Crippen LogP contribution in [0.1, 0.15) is 54.2 Å². The third-order valence-corrected chi connectivity index (χ3v) is 6.83. The molecule has 0 saturated heterocycles. The van der Waals surface area contributed by atoms with Gasteiger partial charge in [-0.05, 0) is 62.6 Å². The predicted molar refractivity (Wildman–Crippen MR) is 117 cm³/mol. The van der Waals surface area contributed by atoms with Gasteiger partial charge in [0.25, 0.3) is 5.56 Å². The summed E-state index contributed by atoms with van der Waals surface area (Å²) in [4.78, 5) is 21.5. The quantitative estimate of drug-likeness (QED) is 0.497. The Bertz CT molecular complexity index is 1290. The first kappa shape index (κ1) is 21.9. The second-order valence-electron chi connectivity index (χ2n) is 9.23. The lowest BCUT2D eigenvalue weighted by atomic mass is 9.93. The highest BCUT2D eigenvalue weighted by Gasteiger charge is 2.45. The Kier molecular flexibility index (Phi) is 4.99. The van der Waals surface area contributed by atoms with Gasteiger partial charge >= 0.3 is 6.18 Å². The molecule has 3 aromatic rings. The Morgan fingerprint density at radius 3 is 2.55 bits per heavy atom.